The Hall–Kier alpha value is -4.86. The van der Waals surface area contributed by atoms with Gasteiger partial charge >= 0.3 is 0 Å². The molecule has 2 N–H and O–H groups in total. The summed E-state index contributed by atoms with van der Waals surface area (Å²) in [5.74, 6) is -0.651. The Bertz CT molecular complexity index is 1370. The molecule has 0 atom stereocenters. The highest BCUT2D eigenvalue weighted by Gasteiger charge is 2.14. The van der Waals surface area contributed by atoms with Crippen LogP contribution in [0.15, 0.2) is 78.9 Å². The Labute approximate surface area is 207 Å². The van der Waals surface area contributed by atoms with Crippen LogP contribution in [0.3, 0.4) is 0 Å². The van der Waals surface area contributed by atoms with Crippen molar-refractivity contribution in [2.45, 2.75) is 13.5 Å². The smallest absolute Gasteiger partial charge is 0.269 e. The van der Waals surface area contributed by atoms with Gasteiger partial charge in [-0.1, -0.05) is 48.5 Å². The van der Waals surface area contributed by atoms with Gasteiger partial charge in [0.1, 0.15) is 0 Å². The first-order valence-electron chi connectivity index (χ1n) is 11.3. The Balaban J connectivity index is 1.33. The second kappa shape index (κ2) is 11.0. The molecule has 36 heavy (non-hydrogen) atoms. The summed E-state index contributed by atoms with van der Waals surface area (Å²) in [6.45, 7) is 2.80. The second-order valence-electron chi connectivity index (χ2n) is 8.01. The molecule has 0 saturated carbocycles. The number of nitrogens with zero attached hydrogens (tertiary/aromatic N) is 5. The molecule has 0 fully saturated rings. The SMILES string of the molecule is CCN(C)C(=O)c1cccc(C(=O)NNC(=O)c2ccc(Cn3nnc(-c4ccccc4)n3)cc2)c1. The topological polar surface area (TPSA) is 122 Å². The fraction of sp³-hybridized carbons (Fsp3) is 0.154. The molecule has 0 unspecified atom stereocenters. The van der Waals surface area contributed by atoms with Gasteiger partial charge in [0.2, 0.25) is 5.82 Å². The third-order valence-electron chi connectivity index (χ3n) is 5.51. The number of tetrazole rings is 1. The van der Waals surface area contributed by atoms with Gasteiger partial charge in [0.05, 0.1) is 6.54 Å². The Morgan fingerprint density at radius 3 is 2.19 bits per heavy atom. The van der Waals surface area contributed by atoms with Gasteiger partial charge in [-0.3, -0.25) is 25.2 Å². The largest absolute Gasteiger partial charge is 0.342 e. The summed E-state index contributed by atoms with van der Waals surface area (Å²) >= 11 is 0. The predicted octanol–water partition coefficient (Wildman–Crippen LogP) is 2.56. The molecular formula is C26H25N7O3. The second-order valence-corrected chi connectivity index (χ2v) is 8.01. The molecule has 4 aromatic rings. The van der Waals surface area contributed by atoms with Gasteiger partial charge in [0.15, 0.2) is 0 Å². The molecular weight excluding hydrogens is 458 g/mol. The minimum Gasteiger partial charge on any atom is -0.342 e. The maximum Gasteiger partial charge on any atom is 0.269 e. The van der Waals surface area contributed by atoms with E-state index in [2.05, 4.69) is 26.3 Å². The summed E-state index contributed by atoms with van der Waals surface area (Å²) in [5.41, 5.74) is 7.56. The number of hydrogen-bond donors (Lipinski definition) is 2. The first kappa shape index (κ1) is 24.3. The van der Waals surface area contributed by atoms with Crippen LogP contribution in [0.25, 0.3) is 11.4 Å². The first-order valence-corrected chi connectivity index (χ1v) is 11.3. The van der Waals surface area contributed by atoms with Crippen LogP contribution in [0.2, 0.25) is 0 Å². The third-order valence-corrected chi connectivity index (χ3v) is 5.51. The fourth-order valence-electron chi connectivity index (χ4n) is 3.35. The van der Waals surface area contributed by atoms with E-state index in [1.54, 1.807) is 54.4 Å². The van der Waals surface area contributed by atoms with Gasteiger partial charge in [-0.25, -0.2) is 0 Å². The normalized spacial score (nSPS) is 10.5. The van der Waals surface area contributed by atoms with E-state index < -0.39 is 11.8 Å². The molecule has 0 saturated heterocycles. The summed E-state index contributed by atoms with van der Waals surface area (Å²) in [4.78, 5) is 40.3. The van der Waals surface area contributed by atoms with Crippen molar-refractivity contribution in [1.29, 1.82) is 0 Å². The van der Waals surface area contributed by atoms with Crippen molar-refractivity contribution in [2.75, 3.05) is 13.6 Å². The molecule has 0 bridgehead atoms. The minimum atomic E-state index is -0.528. The predicted molar refractivity (Wildman–Crippen MR) is 133 cm³/mol. The zero-order valence-corrected chi connectivity index (χ0v) is 19.9. The molecule has 182 valence electrons. The van der Waals surface area contributed by atoms with Gasteiger partial charge in [-0.05, 0) is 48.0 Å². The van der Waals surface area contributed by atoms with Gasteiger partial charge in [0, 0.05) is 35.8 Å². The summed E-state index contributed by atoms with van der Waals surface area (Å²) in [6, 6.07) is 22.7. The number of amides is 3. The summed E-state index contributed by atoms with van der Waals surface area (Å²) < 4.78 is 0. The Morgan fingerprint density at radius 1 is 0.833 bits per heavy atom. The molecule has 3 amide bonds. The molecule has 10 heteroatoms. The molecule has 0 aliphatic carbocycles. The lowest BCUT2D eigenvalue weighted by atomic mass is 10.1. The van der Waals surface area contributed by atoms with E-state index in [1.165, 1.54) is 10.9 Å². The fourth-order valence-corrected chi connectivity index (χ4v) is 3.35. The van der Waals surface area contributed by atoms with E-state index in [9.17, 15) is 14.4 Å². The molecule has 3 aromatic carbocycles. The Kier molecular flexibility index (Phi) is 7.45. The molecule has 1 aromatic heterocycles. The minimum absolute atomic E-state index is 0.186. The summed E-state index contributed by atoms with van der Waals surface area (Å²) in [6.07, 6.45) is 0. The molecule has 0 aliphatic rings. The van der Waals surface area contributed by atoms with Crippen LogP contribution in [0.4, 0.5) is 0 Å². The lowest BCUT2D eigenvalue weighted by Gasteiger charge is -2.15. The van der Waals surface area contributed by atoms with Crippen LogP contribution >= 0.6 is 0 Å². The monoisotopic (exact) mass is 483 g/mol. The van der Waals surface area contributed by atoms with Gasteiger partial charge in [-0.2, -0.15) is 4.80 Å². The number of aromatic nitrogens is 4. The average Bonchev–Trinajstić information content (AvgIpc) is 3.40. The number of benzene rings is 3. The van der Waals surface area contributed by atoms with E-state index in [0.29, 0.717) is 30.0 Å². The molecule has 0 radical (unpaired) electrons. The van der Waals surface area contributed by atoms with Crippen molar-refractivity contribution in [3.05, 3.63) is 101 Å². The van der Waals surface area contributed by atoms with E-state index in [1.807, 2.05) is 37.3 Å². The maximum atomic E-state index is 12.5. The van der Waals surface area contributed by atoms with Crippen LogP contribution in [-0.4, -0.2) is 56.4 Å². The van der Waals surface area contributed by atoms with E-state index in [4.69, 9.17) is 0 Å². The highest BCUT2D eigenvalue weighted by atomic mass is 16.2. The summed E-state index contributed by atoms with van der Waals surface area (Å²) in [5, 5.41) is 12.5. The van der Waals surface area contributed by atoms with Crippen molar-refractivity contribution >= 4 is 17.7 Å². The van der Waals surface area contributed by atoms with Crippen LogP contribution in [0, 0.1) is 0 Å². The number of carbonyl (C=O) groups excluding carboxylic acids is 3. The standard InChI is InChI=1S/C26H25N7O3/c1-3-32(2)26(36)22-11-7-10-21(16-22)25(35)29-28-24(34)20-14-12-18(13-15-20)17-33-30-23(27-31-33)19-8-5-4-6-9-19/h4-16H,3,17H2,1-2H3,(H,28,34)(H,29,35). The molecule has 0 spiro atoms. The number of rotatable bonds is 7. The van der Waals surface area contributed by atoms with Gasteiger partial charge in [-0.15, -0.1) is 10.2 Å². The van der Waals surface area contributed by atoms with Gasteiger partial charge < -0.3 is 4.90 Å². The van der Waals surface area contributed by atoms with Crippen molar-refractivity contribution in [2.24, 2.45) is 0 Å². The highest BCUT2D eigenvalue weighted by Crippen LogP contribution is 2.13. The van der Waals surface area contributed by atoms with Crippen LogP contribution in [-0.2, 0) is 6.54 Å². The Morgan fingerprint density at radius 2 is 1.50 bits per heavy atom. The van der Waals surface area contributed by atoms with Crippen LogP contribution < -0.4 is 10.9 Å². The first-order chi connectivity index (χ1) is 17.4. The quantitative estimate of drug-likeness (QED) is 0.390. The highest BCUT2D eigenvalue weighted by molar-refractivity contribution is 6.01. The zero-order chi connectivity index (χ0) is 25.5. The van der Waals surface area contributed by atoms with Gasteiger partial charge in [0.25, 0.3) is 17.7 Å². The zero-order valence-electron chi connectivity index (χ0n) is 19.9. The van der Waals surface area contributed by atoms with Crippen LogP contribution in [0.1, 0.15) is 43.6 Å². The molecule has 10 nitrogen and oxygen atoms in total. The molecule has 0 aliphatic heterocycles. The average molecular weight is 484 g/mol. The third kappa shape index (κ3) is 5.79. The summed E-state index contributed by atoms with van der Waals surface area (Å²) in [7, 11) is 1.69. The number of hydrogen-bond acceptors (Lipinski definition) is 6. The number of nitrogens with one attached hydrogen (secondary N) is 2. The van der Waals surface area contributed by atoms with Crippen molar-refractivity contribution in [3.63, 3.8) is 0 Å². The lowest BCUT2D eigenvalue weighted by Crippen LogP contribution is -2.41. The van der Waals surface area contributed by atoms with E-state index in [0.717, 1.165) is 11.1 Å². The van der Waals surface area contributed by atoms with Crippen molar-refractivity contribution in [3.8, 4) is 11.4 Å². The number of hydrazine groups is 1. The van der Waals surface area contributed by atoms with Crippen molar-refractivity contribution in [1.82, 2.24) is 36.0 Å². The molecule has 4 rings (SSSR count). The number of carbonyl (C=O) groups is 3. The van der Waals surface area contributed by atoms with Crippen LogP contribution in [0.5, 0.6) is 0 Å². The van der Waals surface area contributed by atoms with E-state index in [-0.39, 0.29) is 11.5 Å². The van der Waals surface area contributed by atoms with Crippen molar-refractivity contribution < 1.29 is 14.4 Å². The van der Waals surface area contributed by atoms with E-state index >= 15 is 0 Å². The maximum absolute atomic E-state index is 12.5. The molecule has 1 heterocycles. The lowest BCUT2D eigenvalue weighted by molar-refractivity contribution is 0.0801.